The molecule has 0 aliphatic rings. The minimum Gasteiger partial charge on any atom is -0.381 e. The smallest absolute Gasteiger partial charge is 0.148 e. The Morgan fingerprint density at radius 2 is 2.00 bits per heavy atom. The third kappa shape index (κ3) is 2.25. The highest BCUT2D eigenvalue weighted by Gasteiger charge is 2.34. The molecular formula is C14H14FNO2. The van der Waals surface area contributed by atoms with Gasteiger partial charge in [-0.25, -0.2) is 4.39 Å². The number of aliphatic hydroxyl groups is 1. The summed E-state index contributed by atoms with van der Waals surface area (Å²) in [6.07, 6.45) is 2.53. The zero-order chi connectivity index (χ0) is 13.0. The van der Waals surface area contributed by atoms with Crippen LogP contribution in [-0.4, -0.2) is 23.8 Å². The van der Waals surface area contributed by atoms with Gasteiger partial charge in [0, 0.05) is 18.9 Å². The van der Waals surface area contributed by atoms with Crippen LogP contribution in [-0.2, 0) is 10.3 Å². The summed E-state index contributed by atoms with van der Waals surface area (Å²) < 4.78 is 18.8. The molecule has 0 spiro atoms. The first-order valence-electron chi connectivity index (χ1n) is 5.55. The number of methoxy groups -OCH3 is 1. The number of rotatable bonds is 4. The van der Waals surface area contributed by atoms with Gasteiger partial charge in [-0.15, -0.1) is 0 Å². The molecule has 0 aliphatic carbocycles. The summed E-state index contributed by atoms with van der Waals surface area (Å²) in [5.41, 5.74) is -0.772. The number of pyridine rings is 1. The van der Waals surface area contributed by atoms with Gasteiger partial charge in [0.25, 0.3) is 0 Å². The van der Waals surface area contributed by atoms with Crippen LogP contribution >= 0.6 is 0 Å². The van der Waals surface area contributed by atoms with E-state index in [9.17, 15) is 9.50 Å². The Kier molecular flexibility index (Phi) is 3.69. The van der Waals surface area contributed by atoms with Gasteiger partial charge in [-0.3, -0.25) is 4.98 Å². The van der Waals surface area contributed by atoms with E-state index < -0.39 is 11.4 Å². The molecule has 2 aromatic rings. The lowest BCUT2D eigenvalue weighted by atomic mass is 9.87. The maximum Gasteiger partial charge on any atom is 0.148 e. The minimum absolute atomic E-state index is 0.0298. The molecule has 4 heteroatoms. The van der Waals surface area contributed by atoms with Crippen LogP contribution in [0, 0.1) is 5.82 Å². The average Bonchev–Trinajstić information content (AvgIpc) is 2.40. The van der Waals surface area contributed by atoms with Gasteiger partial charge in [0.2, 0.25) is 0 Å². The van der Waals surface area contributed by atoms with Gasteiger partial charge in [0.05, 0.1) is 12.8 Å². The fourth-order valence-electron chi connectivity index (χ4n) is 1.95. The number of aromatic nitrogens is 1. The van der Waals surface area contributed by atoms with Gasteiger partial charge in [-0.1, -0.05) is 30.3 Å². The van der Waals surface area contributed by atoms with Crippen molar-refractivity contribution in [2.24, 2.45) is 0 Å². The van der Waals surface area contributed by atoms with Crippen LogP contribution < -0.4 is 0 Å². The van der Waals surface area contributed by atoms with E-state index in [4.69, 9.17) is 4.74 Å². The predicted octanol–water partition coefficient (Wildman–Crippen LogP) is 2.10. The molecule has 0 radical (unpaired) electrons. The highest BCUT2D eigenvalue weighted by molar-refractivity contribution is 5.35. The van der Waals surface area contributed by atoms with Crippen molar-refractivity contribution in [3.8, 4) is 0 Å². The largest absolute Gasteiger partial charge is 0.381 e. The van der Waals surface area contributed by atoms with Crippen LogP contribution in [0.15, 0.2) is 48.8 Å². The molecule has 3 nitrogen and oxygen atoms in total. The molecule has 1 atom stereocenters. The predicted molar refractivity (Wildman–Crippen MR) is 65.5 cm³/mol. The van der Waals surface area contributed by atoms with Gasteiger partial charge in [-0.05, 0) is 11.6 Å². The molecule has 0 bridgehead atoms. The van der Waals surface area contributed by atoms with E-state index in [-0.39, 0.29) is 12.2 Å². The van der Waals surface area contributed by atoms with Crippen molar-refractivity contribution in [3.63, 3.8) is 0 Å². The van der Waals surface area contributed by atoms with Crippen molar-refractivity contribution in [3.05, 3.63) is 65.7 Å². The fourth-order valence-corrected chi connectivity index (χ4v) is 1.95. The first-order valence-corrected chi connectivity index (χ1v) is 5.55. The number of hydrogen-bond donors (Lipinski definition) is 1. The van der Waals surface area contributed by atoms with E-state index in [2.05, 4.69) is 4.98 Å². The van der Waals surface area contributed by atoms with Crippen LogP contribution in [0.4, 0.5) is 4.39 Å². The van der Waals surface area contributed by atoms with E-state index in [0.29, 0.717) is 5.56 Å². The molecule has 2 rings (SSSR count). The van der Waals surface area contributed by atoms with Crippen LogP contribution in [0.2, 0.25) is 0 Å². The lowest BCUT2D eigenvalue weighted by Crippen LogP contribution is -2.33. The zero-order valence-electron chi connectivity index (χ0n) is 10.0. The highest BCUT2D eigenvalue weighted by atomic mass is 19.1. The Balaban J connectivity index is 2.55. The summed E-state index contributed by atoms with van der Waals surface area (Å²) in [5, 5.41) is 10.7. The molecule has 1 heterocycles. The van der Waals surface area contributed by atoms with Gasteiger partial charge < -0.3 is 9.84 Å². The van der Waals surface area contributed by atoms with Gasteiger partial charge >= 0.3 is 0 Å². The Morgan fingerprint density at radius 3 is 2.61 bits per heavy atom. The zero-order valence-corrected chi connectivity index (χ0v) is 10.0. The maximum atomic E-state index is 13.8. The van der Waals surface area contributed by atoms with E-state index in [0.717, 1.165) is 6.20 Å². The molecule has 94 valence electrons. The normalized spacial score (nSPS) is 14.2. The minimum atomic E-state index is -1.51. The van der Waals surface area contributed by atoms with Crippen LogP contribution in [0.1, 0.15) is 11.1 Å². The Hall–Kier alpha value is -1.78. The first kappa shape index (κ1) is 12.7. The highest BCUT2D eigenvalue weighted by Crippen LogP contribution is 2.31. The molecule has 0 fully saturated rings. The third-order valence-electron chi connectivity index (χ3n) is 2.82. The molecular weight excluding hydrogens is 233 g/mol. The summed E-state index contributed by atoms with van der Waals surface area (Å²) in [5.74, 6) is -0.555. The number of ether oxygens (including phenoxy) is 1. The summed E-state index contributed by atoms with van der Waals surface area (Å²) in [6.45, 7) is -0.0298. The second-order valence-electron chi connectivity index (χ2n) is 4.01. The van der Waals surface area contributed by atoms with E-state index in [1.807, 2.05) is 6.07 Å². The van der Waals surface area contributed by atoms with Crippen molar-refractivity contribution in [2.75, 3.05) is 13.7 Å². The third-order valence-corrected chi connectivity index (χ3v) is 2.82. The standard InChI is InChI=1S/C14H14FNO2/c1-18-10-14(17,11-5-3-2-4-6-11)12-7-8-16-9-13(12)15/h2-9,17H,10H2,1H3. The van der Waals surface area contributed by atoms with Gasteiger partial charge in [0.15, 0.2) is 0 Å². The van der Waals surface area contributed by atoms with Gasteiger partial charge in [0.1, 0.15) is 11.4 Å². The first-order chi connectivity index (χ1) is 8.68. The van der Waals surface area contributed by atoms with Crippen molar-refractivity contribution in [2.45, 2.75) is 5.60 Å². The summed E-state index contributed by atoms with van der Waals surface area (Å²) in [4.78, 5) is 3.69. The molecule has 1 unspecified atom stereocenters. The Labute approximate surface area is 105 Å². The summed E-state index contributed by atoms with van der Waals surface area (Å²) in [7, 11) is 1.47. The summed E-state index contributed by atoms with van der Waals surface area (Å²) >= 11 is 0. The molecule has 0 amide bonds. The van der Waals surface area contributed by atoms with Crippen LogP contribution in [0.25, 0.3) is 0 Å². The van der Waals surface area contributed by atoms with Crippen molar-refractivity contribution >= 4 is 0 Å². The number of benzene rings is 1. The molecule has 0 saturated heterocycles. The van der Waals surface area contributed by atoms with Crippen LogP contribution in [0.3, 0.4) is 0 Å². The Bertz CT molecular complexity index is 518. The lowest BCUT2D eigenvalue weighted by Gasteiger charge is -2.28. The van der Waals surface area contributed by atoms with E-state index >= 15 is 0 Å². The Morgan fingerprint density at radius 1 is 1.28 bits per heavy atom. The number of hydrogen-bond acceptors (Lipinski definition) is 3. The number of nitrogens with zero attached hydrogens (tertiary/aromatic N) is 1. The van der Waals surface area contributed by atoms with Crippen molar-refractivity contribution in [1.29, 1.82) is 0 Å². The van der Waals surface area contributed by atoms with Gasteiger partial charge in [-0.2, -0.15) is 0 Å². The molecule has 1 aromatic carbocycles. The van der Waals surface area contributed by atoms with E-state index in [1.54, 1.807) is 24.3 Å². The average molecular weight is 247 g/mol. The van der Waals surface area contributed by atoms with Crippen molar-refractivity contribution < 1.29 is 14.2 Å². The molecule has 18 heavy (non-hydrogen) atoms. The quantitative estimate of drug-likeness (QED) is 0.899. The maximum absolute atomic E-state index is 13.8. The second-order valence-corrected chi connectivity index (χ2v) is 4.01. The molecule has 0 saturated carbocycles. The molecule has 1 aromatic heterocycles. The number of halogens is 1. The molecule has 0 aliphatic heterocycles. The monoisotopic (exact) mass is 247 g/mol. The fraction of sp³-hybridized carbons (Fsp3) is 0.214. The second kappa shape index (κ2) is 5.25. The topological polar surface area (TPSA) is 42.4 Å². The SMILES string of the molecule is COCC(O)(c1ccccc1)c1ccncc1F. The van der Waals surface area contributed by atoms with Crippen molar-refractivity contribution in [1.82, 2.24) is 4.98 Å². The van der Waals surface area contributed by atoms with Crippen LogP contribution in [0.5, 0.6) is 0 Å². The molecule has 1 N–H and O–H groups in total. The lowest BCUT2D eigenvalue weighted by molar-refractivity contribution is -0.00578. The van der Waals surface area contributed by atoms with E-state index in [1.165, 1.54) is 19.4 Å². The summed E-state index contributed by atoms with van der Waals surface area (Å²) in [6, 6.07) is 10.3.